The van der Waals surface area contributed by atoms with Gasteiger partial charge in [-0.1, -0.05) is 24.0 Å². The lowest BCUT2D eigenvalue weighted by Gasteiger charge is -2.21. The third kappa shape index (κ3) is 5.01. The van der Waals surface area contributed by atoms with Gasteiger partial charge in [-0.25, -0.2) is 9.78 Å². The normalized spacial score (nSPS) is 13.0. The molecule has 1 amide bonds. The molecule has 0 saturated carbocycles. The summed E-state index contributed by atoms with van der Waals surface area (Å²) in [7, 11) is 0. The van der Waals surface area contributed by atoms with Crippen LogP contribution >= 0.6 is 23.1 Å². The van der Waals surface area contributed by atoms with E-state index in [0.29, 0.717) is 11.7 Å². The fourth-order valence-corrected chi connectivity index (χ4v) is 6.53. The molecular formula is C25H31N4O2S2+. The molecule has 0 radical (unpaired) electrons. The van der Waals surface area contributed by atoms with Gasteiger partial charge in [-0.15, -0.1) is 0 Å². The largest absolute Gasteiger partial charge is 0.372 e. The molecule has 0 fully saturated rings. The fourth-order valence-electron chi connectivity index (χ4n) is 4.36. The van der Waals surface area contributed by atoms with Gasteiger partial charge in [0, 0.05) is 29.3 Å². The molecule has 2 aromatic heterocycles. The minimum absolute atomic E-state index is 0.0120. The second-order valence-electron chi connectivity index (χ2n) is 8.11. The summed E-state index contributed by atoms with van der Waals surface area (Å²) in [5.41, 5.74) is 3.13. The molecule has 6 nitrogen and oxygen atoms in total. The monoisotopic (exact) mass is 483 g/mol. The zero-order valence-corrected chi connectivity index (χ0v) is 20.9. The summed E-state index contributed by atoms with van der Waals surface area (Å²) < 4.78 is 1.70. The number of carbonyl (C=O) groups is 1. The summed E-state index contributed by atoms with van der Waals surface area (Å²) in [5.74, 6) is 0.105. The summed E-state index contributed by atoms with van der Waals surface area (Å²) in [4.78, 5) is 33.9. The van der Waals surface area contributed by atoms with Crippen molar-refractivity contribution in [2.45, 2.75) is 51.2 Å². The van der Waals surface area contributed by atoms with E-state index in [9.17, 15) is 9.59 Å². The number of aromatic amines is 1. The first-order valence-electron chi connectivity index (χ1n) is 11.5. The third-order valence-corrected chi connectivity index (χ3v) is 8.24. The Balaban J connectivity index is 1.50. The number of carbonyl (C=O) groups excluding carboxylic acids is 1. The van der Waals surface area contributed by atoms with Gasteiger partial charge in [0.1, 0.15) is 11.9 Å². The van der Waals surface area contributed by atoms with Crippen molar-refractivity contribution in [2.75, 3.05) is 29.1 Å². The van der Waals surface area contributed by atoms with Crippen LogP contribution in [0.1, 0.15) is 37.1 Å². The number of hydrogen-bond acceptors (Lipinski definition) is 5. The lowest BCUT2D eigenvalue weighted by Crippen LogP contribution is -2.30. The first-order chi connectivity index (χ1) is 16.0. The zero-order chi connectivity index (χ0) is 23.4. The molecule has 1 aromatic carbocycles. The summed E-state index contributed by atoms with van der Waals surface area (Å²) in [6, 6.07) is 7.91. The van der Waals surface area contributed by atoms with Crippen molar-refractivity contribution in [1.82, 2.24) is 4.57 Å². The number of thiophene rings is 1. The molecular weight excluding hydrogens is 452 g/mol. The van der Waals surface area contributed by atoms with E-state index >= 15 is 0 Å². The van der Waals surface area contributed by atoms with Gasteiger partial charge in [0.05, 0.1) is 5.75 Å². The molecule has 1 aliphatic carbocycles. The third-order valence-electron chi connectivity index (χ3n) is 6.03. The van der Waals surface area contributed by atoms with E-state index in [0.717, 1.165) is 53.9 Å². The van der Waals surface area contributed by atoms with E-state index in [1.54, 1.807) is 22.0 Å². The minimum atomic E-state index is -0.104. The van der Waals surface area contributed by atoms with Crippen LogP contribution in [0, 0.1) is 0 Å². The van der Waals surface area contributed by atoms with E-state index in [-0.39, 0.29) is 17.2 Å². The van der Waals surface area contributed by atoms with Gasteiger partial charge in [0.2, 0.25) is 5.91 Å². The van der Waals surface area contributed by atoms with Gasteiger partial charge in [0.25, 0.3) is 0 Å². The summed E-state index contributed by atoms with van der Waals surface area (Å²) in [5, 5.41) is 4.47. The highest BCUT2D eigenvalue weighted by Gasteiger charge is 2.26. The first-order valence-corrected chi connectivity index (χ1v) is 13.3. The number of amides is 1. The van der Waals surface area contributed by atoms with E-state index in [2.05, 4.69) is 35.6 Å². The van der Waals surface area contributed by atoms with Crippen LogP contribution in [-0.2, 0) is 24.2 Å². The Morgan fingerprint density at radius 1 is 1.24 bits per heavy atom. The van der Waals surface area contributed by atoms with Crippen LogP contribution in [0.15, 0.2) is 46.9 Å². The lowest BCUT2D eigenvalue weighted by molar-refractivity contribution is -0.404. The topological polar surface area (TPSA) is 68.5 Å². The van der Waals surface area contributed by atoms with E-state index in [1.807, 2.05) is 24.3 Å². The molecule has 174 valence electrons. The van der Waals surface area contributed by atoms with Gasteiger partial charge in [-0.2, -0.15) is 4.57 Å². The standard InChI is InChI=1S/C25H30N4O2S2/c1-4-15-29-24(31)22-19-9-7-8-10-20(19)33-23(22)27-25(29)32-16-21(30)26-17-11-13-18(14-12-17)28(5-2)6-3/h4,11-14H,1,5-10,15-16H2,2-3H3,(H,26,30)/p+1. The zero-order valence-electron chi connectivity index (χ0n) is 19.3. The number of nitrogens with zero attached hydrogens (tertiary/aromatic N) is 2. The van der Waals surface area contributed by atoms with E-state index < -0.39 is 0 Å². The van der Waals surface area contributed by atoms with E-state index in [1.165, 1.54) is 28.6 Å². The Morgan fingerprint density at radius 2 is 1.97 bits per heavy atom. The van der Waals surface area contributed by atoms with Crippen LogP contribution in [0.2, 0.25) is 0 Å². The Labute approximate surface area is 202 Å². The van der Waals surface area contributed by atoms with Crippen LogP contribution in [0.4, 0.5) is 11.4 Å². The number of anilines is 2. The summed E-state index contributed by atoms with van der Waals surface area (Å²) in [6.07, 6.45) is 6.04. The number of nitrogens with one attached hydrogen (secondary N) is 2. The van der Waals surface area contributed by atoms with Crippen LogP contribution in [0.25, 0.3) is 10.2 Å². The maximum Gasteiger partial charge on any atom is 0.347 e. The molecule has 3 aromatic rings. The average Bonchev–Trinajstić information content (AvgIpc) is 3.20. The number of hydrogen-bond donors (Lipinski definition) is 1. The molecule has 0 atom stereocenters. The number of thioether (sulfide) groups is 1. The first kappa shape index (κ1) is 23.6. The van der Waals surface area contributed by atoms with Crippen LogP contribution in [-0.4, -0.2) is 29.3 Å². The maximum absolute atomic E-state index is 13.3. The Bertz CT molecular complexity index is 1210. The molecule has 0 unspecified atom stereocenters. The lowest BCUT2D eigenvalue weighted by atomic mass is 9.97. The second kappa shape index (κ2) is 10.6. The second-order valence-corrected chi connectivity index (χ2v) is 10.2. The Hall–Kier alpha value is -2.58. The predicted octanol–water partition coefficient (Wildman–Crippen LogP) is 4.52. The molecule has 8 heteroatoms. The van der Waals surface area contributed by atoms with Crippen LogP contribution in [0.3, 0.4) is 0 Å². The molecule has 2 N–H and O–H groups in total. The van der Waals surface area contributed by atoms with Gasteiger partial charge in [-0.05, 0) is 81.1 Å². The molecule has 0 spiro atoms. The Morgan fingerprint density at radius 3 is 2.67 bits per heavy atom. The summed E-state index contributed by atoms with van der Waals surface area (Å²) >= 11 is 3.04. The fraction of sp³-hybridized carbons (Fsp3) is 0.400. The quantitative estimate of drug-likeness (QED) is 0.276. The van der Waals surface area contributed by atoms with Gasteiger partial charge >= 0.3 is 10.7 Å². The number of aromatic nitrogens is 2. The molecule has 4 rings (SSSR count). The number of aryl methyl sites for hydroxylation is 2. The van der Waals surface area contributed by atoms with Gasteiger partial charge < -0.3 is 10.2 Å². The van der Waals surface area contributed by atoms with Crippen molar-refractivity contribution in [3.8, 4) is 0 Å². The van der Waals surface area contributed by atoms with E-state index in [4.69, 9.17) is 0 Å². The van der Waals surface area contributed by atoms with Crippen molar-refractivity contribution in [2.24, 2.45) is 0 Å². The number of H-pyrrole nitrogens is 1. The minimum Gasteiger partial charge on any atom is -0.372 e. The van der Waals surface area contributed by atoms with Crippen molar-refractivity contribution >= 4 is 50.6 Å². The van der Waals surface area contributed by atoms with Crippen molar-refractivity contribution in [3.63, 3.8) is 0 Å². The molecule has 0 aliphatic heterocycles. The predicted molar refractivity (Wildman–Crippen MR) is 139 cm³/mol. The SMILES string of the molecule is C=CCn1c(SCC(=O)Nc2ccc(N(CC)CC)cc2)[nH+]c2sc3c(c2c1=O)CCCC3. The molecule has 33 heavy (non-hydrogen) atoms. The number of allylic oxidation sites excluding steroid dienone is 1. The van der Waals surface area contributed by atoms with Crippen molar-refractivity contribution in [3.05, 3.63) is 57.7 Å². The number of fused-ring (bicyclic) bond motifs is 3. The highest BCUT2D eigenvalue weighted by atomic mass is 32.2. The highest BCUT2D eigenvalue weighted by molar-refractivity contribution is 7.99. The highest BCUT2D eigenvalue weighted by Crippen LogP contribution is 2.33. The van der Waals surface area contributed by atoms with Crippen molar-refractivity contribution in [1.29, 1.82) is 0 Å². The molecule has 0 bridgehead atoms. The molecule has 1 aliphatic rings. The van der Waals surface area contributed by atoms with Gasteiger partial charge in [-0.3, -0.25) is 4.79 Å². The van der Waals surface area contributed by atoms with Crippen molar-refractivity contribution < 1.29 is 9.78 Å². The Kier molecular flexibility index (Phi) is 7.55. The van der Waals surface area contributed by atoms with Crippen LogP contribution < -0.4 is 20.8 Å². The molecule has 0 saturated heterocycles. The number of benzene rings is 1. The smallest absolute Gasteiger partial charge is 0.347 e. The van der Waals surface area contributed by atoms with Gasteiger partial charge in [0.15, 0.2) is 4.83 Å². The summed E-state index contributed by atoms with van der Waals surface area (Å²) in [6.45, 7) is 10.4. The molecule has 2 heterocycles. The average molecular weight is 484 g/mol. The maximum atomic E-state index is 13.3. The number of rotatable bonds is 9. The van der Waals surface area contributed by atoms with Crippen LogP contribution in [0.5, 0.6) is 0 Å².